The van der Waals surface area contributed by atoms with Crippen molar-refractivity contribution in [2.45, 2.75) is 77.4 Å². The van der Waals surface area contributed by atoms with Gasteiger partial charge in [0.1, 0.15) is 0 Å². The van der Waals surface area contributed by atoms with E-state index in [4.69, 9.17) is 9.47 Å². The fraction of sp³-hybridized carbons (Fsp3) is 0.909. The summed E-state index contributed by atoms with van der Waals surface area (Å²) in [5.41, 5.74) is 2.43. The van der Waals surface area contributed by atoms with Gasteiger partial charge in [-0.1, -0.05) is 26.0 Å². The fourth-order valence-corrected chi connectivity index (χ4v) is 8.15. The van der Waals surface area contributed by atoms with Crippen molar-refractivity contribution >= 4 is 0 Å². The average Bonchev–Trinajstić information content (AvgIpc) is 3.13. The second kappa shape index (κ2) is 5.10. The SMILES string of the molecule is C=C1CC[C@H]2[C@@H]3CCC4C5(CCC[C@]4(C)C3CC[C@]12C)OCCO5. The molecule has 4 saturated carbocycles. The second-order valence-corrected chi connectivity index (χ2v) is 9.97. The van der Waals surface area contributed by atoms with Crippen molar-refractivity contribution in [3.05, 3.63) is 12.2 Å². The highest BCUT2D eigenvalue weighted by atomic mass is 16.7. The first-order chi connectivity index (χ1) is 11.5. The van der Waals surface area contributed by atoms with E-state index in [9.17, 15) is 0 Å². The average molecular weight is 331 g/mol. The van der Waals surface area contributed by atoms with E-state index in [0.29, 0.717) is 16.7 Å². The highest BCUT2D eigenvalue weighted by Crippen LogP contribution is 2.68. The molecule has 6 atom stereocenters. The third kappa shape index (κ3) is 1.85. The van der Waals surface area contributed by atoms with E-state index in [1.54, 1.807) is 5.57 Å². The summed E-state index contributed by atoms with van der Waals surface area (Å²) in [5.74, 6) is 3.09. The lowest BCUT2D eigenvalue weighted by atomic mass is 9.44. The van der Waals surface area contributed by atoms with Gasteiger partial charge in [0.2, 0.25) is 0 Å². The van der Waals surface area contributed by atoms with Gasteiger partial charge < -0.3 is 9.47 Å². The van der Waals surface area contributed by atoms with Crippen LogP contribution in [0.4, 0.5) is 0 Å². The molecule has 5 aliphatic rings. The van der Waals surface area contributed by atoms with Crippen molar-refractivity contribution in [2.75, 3.05) is 13.2 Å². The Kier molecular flexibility index (Phi) is 3.37. The Bertz CT molecular complexity index is 548. The normalized spacial score (nSPS) is 52.8. The van der Waals surface area contributed by atoms with Gasteiger partial charge in [0.25, 0.3) is 0 Å². The summed E-state index contributed by atoms with van der Waals surface area (Å²) >= 11 is 0. The van der Waals surface area contributed by atoms with Gasteiger partial charge in [-0.2, -0.15) is 0 Å². The topological polar surface area (TPSA) is 18.5 Å². The zero-order valence-corrected chi connectivity index (χ0v) is 15.6. The highest BCUT2D eigenvalue weighted by molar-refractivity contribution is 5.21. The van der Waals surface area contributed by atoms with E-state index in [-0.39, 0.29) is 5.79 Å². The van der Waals surface area contributed by atoms with Crippen molar-refractivity contribution in [1.29, 1.82) is 0 Å². The highest BCUT2D eigenvalue weighted by Gasteiger charge is 2.64. The maximum atomic E-state index is 6.28. The monoisotopic (exact) mass is 330 g/mol. The Hall–Kier alpha value is -0.340. The molecule has 134 valence electrons. The number of ether oxygens (including phenoxy) is 2. The Morgan fingerprint density at radius 1 is 0.917 bits per heavy atom. The first kappa shape index (κ1) is 15.9. The molecule has 0 aromatic carbocycles. The zero-order valence-electron chi connectivity index (χ0n) is 15.6. The molecule has 0 aromatic rings. The standard InChI is InChI=1S/C22H34O2/c1-15-5-7-17-16-6-8-19-21(3,18(16)9-12-20(15,17)2)10-4-11-22(19)23-13-14-24-22/h16-19H,1,4-14H2,2-3H3/t16-,17-,18?,19?,20+,21+/m0/s1. The van der Waals surface area contributed by atoms with Crippen molar-refractivity contribution in [2.24, 2.45) is 34.5 Å². The van der Waals surface area contributed by atoms with Crippen LogP contribution in [0.1, 0.15) is 71.6 Å². The summed E-state index contributed by atoms with van der Waals surface area (Å²) in [6.45, 7) is 11.2. The van der Waals surface area contributed by atoms with Crippen LogP contribution < -0.4 is 0 Å². The molecule has 5 rings (SSSR count). The number of allylic oxidation sites excluding steroid dienone is 1. The third-order valence-corrected chi connectivity index (χ3v) is 9.37. The van der Waals surface area contributed by atoms with Crippen molar-refractivity contribution in [3.8, 4) is 0 Å². The summed E-state index contributed by atoms with van der Waals surface area (Å²) in [5, 5.41) is 0. The van der Waals surface area contributed by atoms with Gasteiger partial charge >= 0.3 is 0 Å². The molecule has 0 bridgehead atoms. The van der Waals surface area contributed by atoms with Gasteiger partial charge in [0, 0.05) is 12.3 Å². The van der Waals surface area contributed by atoms with E-state index in [0.717, 1.165) is 37.4 Å². The smallest absolute Gasteiger partial charge is 0.171 e. The van der Waals surface area contributed by atoms with Crippen LogP contribution in [0, 0.1) is 34.5 Å². The van der Waals surface area contributed by atoms with E-state index in [1.165, 1.54) is 51.4 Å². The van der Waals surface area contributed by atoms with Gasteiger partial charge in [-0.05, 0) is 80.0 Å². The molecule has 1 aliphatic heterocycles. The Morgan fingerprint density at radius 2 is 1.71 bits per heavy atom. The lowest BCUT2D eigenvalue weighted by molar-refractivity contribution is -0.272. The zero-order chi connectivity index (χ0) is 16.6. The predicted molar refractivity (Wildman–Crippen MR) is 95.5 cm³/mol. The van der Waals surface area contributed by atoms with Crippen LogP contribution in [-0.4, -0.2) is 19.0 Å². The van der Waals surface area contributed by atoms with Crippen LogP contribution >= 0.6 is 0 Å². The second-order valence-electron chi connectivity index (χ2n) is 9.97. The van der Waals surface area contributed by atoms with Gasteiger partial charge in [-0.3, -0.25) is 0 Å². The summed E-state index contributed by atoms with van der Waals surface area (Å²) in [7, 11) is 0. The van der Waals surface area contributed by atoms with E-state index in [1.807, 2.05) is 0 Å². The van der Waals surface area contributed by atoms with Crippen LogP contribution in [0.15, 0.2) is 12.2 Å². The van der Waals surface area contributed by atoms with Crippen molar-refractivity contribution < 1.29 is 9.47 Å². The minimum atomic E-state index is -0.224. The molecule has 0 radical (unpaired) electrons. The van der Waals surface area contributed by atoms with E-state index >= 15 is 0 Å². The third-order valence-electron chi connectivity index (χ3n) is 9.37. The summed E-state index contributed by atoms with van der Waals surface area (Å²) in [6, 6.07) is 0. The summed E-state index contributed by atoms with van der Waals surface area (Å²) in [6.07, 6.45) is 12.0. The summed E-state index contributed by atoms with van der Waals surface area (Å²) < 4.78 is 12.6. The van der Waals surface area contributed by atoms with Crippen LogP contribution in [0.5, 0.6) is 0 Å². The fourth-order valence-electron chi connectivity index (χ4n) is 8.15. The molecule has 0 N–H and O–H groups in total. The van der Waals surface area contributed by atoms with Gasteiger partial charge in [0.05, 0.1) is 13.2 Å². The minimum Gasteiger partial charge on any atom is -0.347 e. The van der Waals surface area contributed by atoms with Crippen molar-refractivity contribution in [3.63, 3.8) is 0 Å². The lowest BCUT2D eigenvalue weighted by Crippen LogP contribution is -2.59. The van der Waals surface area contributed by atoms with Gasteiger partial charge in [-0.25, -0.2) is 0 Å². The Balaban J connectivity index is 1.49. The van der Waals surface area contributed by atoms with Crippen LogP contribution in [0.2, 0.25) is 0 Å². The molecule has 0 amide bonds. The van der Waals surface area contributed by atoms with Gasteiger partial charge in [0.15, 0.2) is 5.79 Å². The molecule has 2 nitrogen and oxygen atoms in total. The first-order valence-electron chi connectivity index (χ1n) is 10.5. The molecule has 2 unspecified atom stereocenters. The minimum absolute atomic E-state index is 0.224. The summed E-state index contributed by atoms with van der Waals surface area (Å²) in [4.78, 5) is 0. The molecule has 1 spiro atoms. The molecule has 1 heterocycles. The van der Waals surface area contributed by atoms with Crippen molar-refractivity contribution in [1.82, 2.24) is 0 Å². The molecular formula is C22H34O2. The molecule has 4 aliphatic carbocycles. The van der Waals surface area contributed by atoms with Crippen LogP contribution in [0.25, 0.3) is 0 Å². The van der Waals surface area contributed by atoms with E-state index < -0.39 is 0 Å². The maximum absolute atomic E-state index is 6.28. The largest absolute Gasteiger partial charge is 0.347 e. The maximum Gasteiger partial charge on any atom is 0.171 e. The lowest BCUT2D eigenvalue weighted by Gasteiger charge is -2.62. The predicted octanol–water partition coefficient (Wildman–Crippen LogP) is 5.33. The number of hydrogen-bond acceptors (Lipinski definition) is 2. The quantitative estimate of drug-likeness (QED) is 0.559. The molecule has 5 fully saturated rings. The number of hydrogen-bond donors (Lipinski definition) is 0. The Morgan fingerprint density at radius 3 is 2.50 bits per heavy atom. The van der Waals surface area contributed by atoms with Gasteiger partial charge in [-0.15, -0.1) is 0 Å². The number of fused-ring (bicyclic) bond motifs is 6. The van der Waals surface area contributed by atoms with Crippen LogP contribution in [-0.2, 0) is 9.47 Å². The molecule has 24 heavy (non-hydrogen) atoms. The molecule has 2 heteroatoms. The molecular weight excluding hydrogens is 296 g/mol. The molecule has 1 saturated heterocycles. The van der Waals surface area contributed by atoms with Crippen LogP contribution in [0.3, 0.4) is 0 Å². The first-order valence-corrected chi connectivity index (χ1v) is 10.5. The molecule has 0 aromatic heterocycles. The van der Waals surface area contributed by atoms with E-state index in [2.05, 4.69) is 20.4 Å². The number of rotatable bonds is 0. The Labute approximate surface area is 147 Å².